The second kappa shape index (κ2) is 15.3. The molecule has 0 saturated heterocycles. The maximum absolute atomic E-state index is 13.8. The van der Waals surface area contributed by atoms with Crippen LogP contribution in [0.1, 0.15) is 24.0 Å². The molecule has 13 nitrogen and oxygen atoms in total. The summed E-state index contributed by atoms with van der Waals surface area (Å²) in [6.45, 7) is 0.624. The number of nitrogens with two attached hydrogens (primary N) is 4. The van der Waals surface area contributed by atoms with Gasteiger partial charge in [-0.3, -0.25) is 19.2 Å². The van der Waals surface area contributed by atoms with Crippen molar-refractivity contribution in [3.8, 4) is 16.9 Å². The number of phenols is 1. The molecule has 1 aliphatic heterocycles. The highest BCUT2D eigenvalue weighted by Gasteiger charge is 2.33. The molecule has 228 valence electrons. The fourth-order valence-corrected chi connectivity index (χ4v) is 4.77. The molecule has 42 heavy (non-hydrogen) atoms. The van der Waals surface area contributed by atoms with E-state index in [0.29, 0.717) is 12.0 Å². The van der Waals surface area contributed by atoms with Gasteiger partial charge < -0.3 is 48.9 Å². The topological polar surface area (TPSA) is 232 Å². The number of carbonyl (C=O) groups is 4. The van der Waals surface area contributed by atoms with Crippen LogP contribution < -0.4 is 38.9 Å². The molecule has 0 radical (unpaired) electrons. The Bertz CT molecular complexity index is 1270. The second-order valence-electron chi connectivity index (χ2n) is 10.4. The minimum Gasteiger partial charge on any atom is -0.508 e. The van der Waals surface area contributed by atoms with Crippen molar-refractivity contribution in [3.63, 3.8) is 0 Å². The molecule has 2 aromatic carbocycles. The first-order valence-electron chi connectivity index (χ1n) is 14.0. The maximum atomic E-state index is 13.8. The first kappa shape index (κ1) is 32.5. The summed E-state index contributed by atoms with van der Waals surface area (Å²) in [7, 11) is 1.49. The SMILES string of the molecule is CN1C(=O)[C@H](CCCN)NC(=O)[C@@H](N)Cc2cc(ccc2O)-c2cccc(c2)C[C@H]1C(=O)NC[C@H](N)C(=O)NCCN. The fourth-order valence-electron chi connectivity index (χ4n) is 4.77. The molecule has 2 aromatic rings. The predicted molar refractivity (Wildman–Crippen MR) is 159 cm³/mol. The Hall–Kier alpha value is -4.04. The van der Waals surface area contributed by atoms with E-state index in [1.54, 1.807) is 18.2 Å². The lowest BCUT2D eigenvalue weighted by molar-refractivity contribution is -0.142. The Morgan fingerprint density at radius 3 is 2.52 bits per heavy atom. The lowest BCUT2D eigenvalue weighted by atomic mass is 9.95. The summed E-state index contributed by atoms with van der Waals surface area (Å²) in [5.74, 6) is -2.05. The van der Waals surface area contributed by atoms with Gasteiger partial charge in [-0.2, -0.15) is 0 Å². The Balaban J connectivity index is 2.00. The number of amides is 4. The van der Waals surface area contributed by atoms with E-state index in [1.165, 1.54) is 11.9 Å². The standard InChI is InChI=1S/C29H42N8O5/c1-37-24(28(41)35-16-22(33)26(39)34-11-10-31)13-17-4-2-5-18(12-17)19-7-8-25(38)20(14-19)15-21(32)27(40)36-23(29(37)42)6-3-9-30/h2,4-5,7-8,12,14,21-24,38H,3,6,9-11,13,15-16,30-33H2,1H3,(H,34,39)(H,35,41)(H,36,40)/t21-,22-,23-,24-/m0/s1. The van der Waals surface area contributed by atoms with Crippen molar-refractivity contribution in [2.75, 3.05) is 33.2 Å². The summed E-state index contributed by atoms with van der Waals surface area (Å²) >= 11 is 0. The number of fused-ring (bicyclic) bond motifs is 5. The van der Waals surface area contributed by atoms with Crippen molar-refractivity contribution in [2.24, 2.45) is 22.9 Å². The number of likely N-dealkylation sites (N-methyl/N-ethyl adjacent to an activating group) is 1. The number of benzene rings is 2. The molecule has 12 N–H and O–H groups in total. The summed E-state index contributed by atoms with van der Waals surface area (Å²) in [5, 5.41) is 18.5. The second-order valence-corrected chi connectivity index (χ2v) is 10.4. The van der Waals surface area contributed by atoms with E-state index >= 15 is 0 Å². The minimum atomic E-state index is -1.05. The van der Waals surface area contributed by atoms with Crippen molar-refractivity contribution in [2.45, 2.75) is 49.9 Å². The molecular weight excluding hydrogens is 540 g/mol. The van der Waals surface area contributed by atoms with E-state index in [1.807, 2.05) is 24.3 Å². The molecule has 13 heteroatoms. The normalized spacial score (nSPS) is 20.1. The molecule has 0 spiro atoms. The monoisotopic (exact) mass is 582 g/mol. The number of carbonyl (C=O) groups excluding carboxylic acids is 4. The van der Waals surface area contributed by atoms with E-state index in [9.17, 15) is 24.3 Å². The third-order valence-corrected chi connectivity index (χ3v) is 7.25. The number of nitrogens with one attached hydrogen (secondary N) is 3. The lowest BCUT2D eigenvalue weighted by Gasteiger charge is -2.31. The highest BCUT2D eigenvalue weighted by Crippen LogP contribution is 2.28. The van der Waals surface area contributed by atoms with Crippen LogP contribution in [0.15, 0.2) is 42.5 Å². The summed E-state index contributed by atoms with van der Waals surface area (Å²) in [5.41, 5.74) is 26.1. The van der Waals surface area contributed by atoms with Crippen LogP contribution in [-0.4, -0.2) is 91.0 Å². The zero-order valence-corrected chi connectivity index (χ0v) is 23.8. The van der Waals surface area contributed by atoms with Gasteiger partial charge in [0.1, 0.15) is 23.9 Å². The highest BCUT2D eigenvalue weighted by molar-refractivity contribution is 5.93. The van der Waals surface area contributed by atoms with Gasteiger partial charge in [-0.1, -0.05) is 30.3 Å². The highest BCUT2D eigenvalue weighted by atomic mass is 16.3. The van der Waals surface area contributed by atoms with Crippen LogP contribution in [0.5, 0.6) is 5.75 Å². The van der Waals surface area contributed by atoms with Crippen LogP contribution in [-0.2, 0) is 32.0 Å². The lowest BCUT2D eigenvalue weighted by Crippen LogP contribution is -2.58. The zero-order valence-electron chi connectivity index (χ0n) is 23.8. The van der Waals surface area contributed by atoms with Crippen LogP contribution >= 0.6 is 0 Å². The Morgan fingerprint density at radius 2 is 1.81 bits per heavy atom. The third-order valence-electron chi connectivity index (χ3n) is 7.25. The van der Waals surface area contributed by atoms with Crippen LogP contribution in [0, 0.1) is 0 Å². The number of hydrogen-bond acceptors (Lipinski definition) is 9. The smallest absolute Gasteiger partial charge is 0.245 e. The van der Waals surface area contributed by atoms with E-state index in [4.69, 9.17) is 22.9 Å². The Labute approximate surface area is 245 Å². The summed E-state index contributed by atoms with van der Waals surface area (Å²) in [4.78, 5) is 53.9. The van der Waals surface area contributed by atoms with Gasteiger partial charge in [0, 0.05) is 39.5 Å². The molecular formula is C29H42N8O5. The fraction of sp³-hybridized carbons (Fsp3) is 0.448. The molecule has 4 bridgehead atoms. The molecule has 0 unspecified atom stereocenters. The molecule has 4 atom stereocenters. The van der Waals surface area contributed by atoms with Crippen LogP contribution in [0.4, 0.5) is 0 Å². The molecule has 0 aromatic heterocycles. The molecule has 0 saturated carbocycles. The van der Waals surface area contributed by atoms with E-state index < -0.39 is 47.8 Å². The number of aromatic hydroxyl groups is 1. The summed E-state index contributed by atoms with van der Waals surface area (Å²) < 4.78 is 0. The number of nitrogens with zero attached hydrogens (tertiary/aromatic N) is 1. The van der Waals surface area contributed by atoms with E-state index in [0.717, 1.165) is 16.7 Å². The van der Waals surface area contributed by atoms with Crippen molar-refractivity contribution in [1.29, 1.82) is 0 Å². The van der Waals surface area contributed by atoms with Gasteiger partial charge in [0.2, 0.25) is 23.6 Å². The zero-order chi connectivity index (χ0) is 30.8. The van der Waals surface area contributed by atoms with E-state index in [2.05, 4.69) is 16.0 Å². The number of phenolic OH excluding ortho intramolecular Hbond substituents is 1. The average Bonchev–Trinajstić information content (AvgIpc) is 2.99. The van der Waals surface area contributed by atoms with E-state index in [-0.39, 0.29) is 51.2 Å². The third kappa shape index (κ3) is 8.49. The number of hydrogen-bond donors (Lipinski definition) is 8. The van der Waals surface area contributed by atoms with Crippen molar-refractivity contribution in [1.82, 2.24) is 20.9 Å². The van der Waals surface area contributed by atoms with Crippen LogP contribution in [0.3, 0.4) is 0 Å². The first-order valence-corrected chi connectivity index (χ1v) is 14.0. The maximum Gasteiger partial charge on any atom is 0.245 e. The van der Waals surface area contributed by atoms with Gasteiger partial charge in [-0.25, -0.2) is 0 Å². The number of rotatable bonds is 9. The van der Waals surface area contributed by atoms with Gasteiger partial charge in [-0.15, -0.1) is 0 Å². The molecule has 1 aliphatic rings. The van der Waals surface area contributed by atoms with Gasteiger partial charge >= 0.3 is 0 Å². The molecule has 0 aliphatic carbocycles. The Morgan fingerprint density at radius 1 is 1.07 bits per heavy atom. The van der Waals surface area contributed by atoms with Gasteiger partial charge in [0.15, 0.2) is 0 Å². The van der Waals surface area contributed by atoms with Gasteiger partial charge in [-0.05, 0) is 53.8 Å². The van der Waals surface area contributed by atoms with Gasteiger partial charge in [0.25, 0.3) is 0 Å². The summed E-state index contributed by atoms with van der Waals surface area (Å²) in [6, 6.07) is 8.47. The molecule has 1 heterocycles. The van der Waals surface area contributed by atoms with Crippen molar-refractivity contribution < 1.29 is 24.3 Å². The molecule has 4 amide bonds. The first-order chi connectivity index (χ1) is 20.0. The van der Waals surface area contributed by atoms with Crippen molar-refractivity contribution >= 4 is 23.6 Å². The predicted octanol–water partition coefficient (Wildman–Crippen LogP) is -1.95. The quantitative estimate of drug-likeness (QED) is 0.164. The minimum absolute atomic E-state index is 0.00427. The average molecular weight is 583 g/mol. The van der Waals surface area contributed by atoms with Gasteiger partial charge in [0.05, 0.1) is 6.04 Å². The largest absolute Gasteiger partial charge is 0.508 e. The van der Waals surface area contributed by atoms with Crippen LogP contribution in [0.25, 0.3) is 11.1 Å². The molecule has 3 rings (SSSR count). The molecule has 0 fully saturated rings. The Kier molecular flexibility index (Phi) is 11.8. The van der Waals surface area contributed by atoms with Crippen molar-refractivity contribution in [3.05, 3.63) is 53.6 Å². The van der Waals surface area contributed by atoms with Crippen LogP contribution in [0.2, 0.25) is 0 Å². The summed E-state index contributed by atoms with van der Waals surface area (Å²) in [6.07, 6.45) is 0.852.